The molecule has 17 heavy (non-hydrogen) atoms. The number of hydrogen-bond donors (Lipinski definition) is 1. The molecule has 0 spiro atoms. The molecule has 0 fully saturated rings. The van der Waals surface area contributed by atoms with Gasteiger partial charge in [-0.3, -0.25) is 0 Å². The number of rotatable bonds is 5. The van der Waals surface area contributed by atoms with Crippen molar-refractivity contribution in [1.29, 1.82) is 0 Å². The second-order valence-corrected chi connectivity index (χ2v) is 5.23. The fourth-order valence-electron chi connectivity index (χ4n) is 1.66. The summed E-state index contributed by atoms with van der Waals surface area (Å²) in [7, 11) is 0. The molecular formula is C12H19BrN2OS. The zero-order chi connectivity index (χ0) is 13.1. The molecule has 0 bridgehead atoms. The summed E-state index contributed by atoms with van der Waals surface area (Å²) in [6.45, 7) is 8.85. The van der Waals surface area contributed by atoms with Crippen molar-refractivity contribution in [2.75, 3.05) is 6.61 Å². The average Bonchev–Trinajstić information content (AvgIpc) is 2.32. The Morgan fingerprint density at radius 1 is 1.41 bits per heavy atom. The van der Waals surface area contributed by atoms with Gasteiger partial charge in [-0.25, -0.2) is 4.98 Å². The maximum absolute atomic E-state index is 5.80. The third kappa shape index (κ3) is 3.14. The van der Waals surface area contributed by atoms with Crippen LogP contribution in [0, 0.1) is 4.64 Å². The molecule has 0 saturated heterocycles. The Morgan fingerprint density at radius 3 is 2.53 bits per heavy atom. The van der Waals surface area contributed by atoms with Crippen molar-refractivity contribution in [3.05, 3.63) is 20.6 Å². The van der Waals surface area contributed by atoms with Crippen molar-refractivity contribution in [3.8, 4) is 0 Å². The van der Waals surface area contributed by atoms with Crippen molar-refractivity contribution < 1.29 is 4.74 Å². The van der Waals surface area contributed by atoms with Gasteiger partial charge in [-0.1, -0.05) is 26.1 Å². The van der Waals surface area contributed by atoms with E-state index in [2.05, 4.69) is 39.7 Å². The molecule has 1 atom stereocenters. The Morgan fingerprint density at radius 2 is 2.06 bits per heavy atom. The molecule has 5 heteroatoms. The van der Waals surface area contributed by atoms with E-state index in [4.69, 9.17) is 17.0 Å². The molecule has 1 unspecified atom stereocenters. The minimum absolute atomic E-state index is 0.396. The normalized spacial score (nSPS) is 14.6. The van der Waals surface area contributed by atoms with Crippen LogP contribution in [0.5, 0.6) is 0 Å². The lowest BCUT2D eigenvalue weighted by atomic mass is 10.0. The Balaban J connectivity index is 3.31. The number of nitrogens with one attached hydrogen (secondary N) is 1. The summed E-state index contributed by atoms with van der Waals surface area (Å²) in [5.74, 6) is 0.812. The first-order valence-corrected chi connectivity index (χ1v) is 7.11. The number of nitrogens with zero attached hydrogens (tertiary/aromatic N) is 1. The van der Waals surface area contributed by atoms with E-state index in [1.165, 1.54) is 0 Å². The molecule has 1 aromatic heterocycles. The van der Waals surface area contributed by atoms with Crippen LogP contribution < -0.4 is 0 Å². The van der Waals surface area contributed by atoms with Gasteiger partial charge in [-0.2, -0.15) is 0 Å². The van der Waals surface area contributed by atoms with Gasteiger partial charge in [-0.05, 0) is 42.6 Å². The number of hydrogen-bond acceptors (Lipinski definition) is 3. The van der Waals surface area contributed by atoms with Crippen LogP contribution in [0.25, 0.3) is 0 Å². The zero-order valence-electron chi connectivity index (χ0n) is 10.8. The summed E-state index contributed by atoms with van der Waals surface area (Å²) >= 11 is 8.73. The first-order chi connectivity index (χ1) is 7.98. The molecule has 96 valence electrons. The van der Waals surface area contributed by atoms with Crippen molar-refractivity contribution >= 4 is 28.1 Å². The second kappa shape index (κ2) is 6.07. The number of aryl methyl sites for hydroxylation is 1. The third-order valence-corrected chi connectivity index (χ3v) is 4.34. The van der Waals surface area contributed by atoms with Gasteiger partial charge in [0.05, 0.1) is 4.47 Å². The van der Waals surface area contributed by atoms with E-state index >= 15 is 0 Å². The molecule has 0 radical (unpaired) electrons. The van der Waals surface area contributed by atoms with Crippen LogP contribution in [0.15, 0.2) is 4.47 Å². The lowest BCUT2D eigenvalue weighted by Crippen LogP contribution is -2.28. The van der Waals surface area contributed by atoms with E-state index in [1.54, 1.807) is 0 Å². The number of halogens is 1. The minimum Gasteiger partial charge on any atom is -0.368 e. The van der Waals surface area contributed by atoms with Crippen LogP contribution in [-0.4, -0.2) is 16.6 Å². The molecule has 0 aromatic carbocycles. The predicted octanol–water partition coefficient (Wildman–Crippen LogP) is 4.13. The number of ether oxygens (including phenoxy) is 1. The average molecular weight is 319 g/mol. The topological polar surface area (TPSA) is 37.9 Å². The highest BCUT2D eigenvalue weighted by atomic mass is 79.9. The molecule has 0 aliphatic rings. The summed E-state index contributed by atoms with van der Waals surface area (Å²) in [5, 5.41) is 0. The van der Waals surface area contributed by atoms with E-state index < -0.39 is 5.60 Å². The SMILES string of the molecule is CCOC(C)(CC)c1nc(=S)c(Br)c(CC)[nH]1. The molecule has 0 aliphatic heterocycles. The third-order valence-electron chi connectivity index (χ3n) is 2.93. The standard InChI is InChI=1S/C12H19BrN2OS/c1-5-8-9(13)10(17)15-11(14-8)12(4,6-2)16-7-3/h5-7H2,1-4H3,(H,14,15,17). The van der Waals surface area contributed by atoms with Crippen LogP contribution in [-0.2, 0) is 16.8 Å². The molecule has 1 heterocycles. The highest BCUT2D eigenvalue weighted by Crippen LogP contribution is 2.28. The van der Waals surface area contributed by atoms with Gasteiger partial charge in [0.1, 0.15) is 16.1 Å². The van der Waals surface area contributed by atoms with Crippen LogP contribution in [0.1, 0.15) is 45.6 Å². The Kier molecular flexibility index (Phi) is 5.28. The Hall–Kier alpha value is -0.260. The molecule has 0 amide bonds. The molecule has 1 rings (SSSR count). The second-order valence-electron chi connectivity index (χ2n) is 4.05. The highest BCUT2D eigenvalue weighted by molar-refractivity contribution is 9.10. The first kappa shape index (κ1) is 14.8. The quantitative estimate of drug-likeness (QED) is 0.830. The summed E-state index contributed by atoms with van der Waals surface area (Å²) in [6.07, 6.45) is 1.73. The molecule has 0 saturated carbocycles. The van der Waals surface area contributed by atoms with E-state index in [0.717, 1.165) is 28.8 Å². The number of H-pyrrole nitrogens is 1. The van der Waals surface area contributed by atoms with Gasteiger partial charge in [0.15, 0.2) is 0 Å². The fourth-order valence-corrected chi connectivity index (χ4v) is 2.34. The van der Waals surface area contributed by atoms with E-state index in [0.29, 0.717) is 11.2 Å². The maximum Gasteiger partial charge on any atom is 0.144 e. The lowest BCUT2D eigenvalue weighted by molar-refractivity contribution is -0.0392. The summed E-state index contributed by atoms with van der Waals surface area (Å²) < 4.78 is 7.28. The van der Waals surface area contributed by atoms with Gasteiger partial charge in [0.25, 0.3) is 0 Å². The smallest absolute Gasteiger partial charge is 0.144 e. The number of aromatic amines is 1. The molecule has 0 aliphatic carbocycles. The number of aromatic nitrogens is 2. The van der Waals surface area contributed by atoms with Crippen LogP contribution in [0.4, 0.5) is 0 Å². The molecular weight excluding hydrogens is 300 g/mol. The van der Waals surface area contributed by atoms with Gasteiger partial charge in [-0.15, -0.1) is 0 Å². The Labute approximate surface area is 116 Å². The molecule has 3 nitrogen and oxygen atoms in total. The largest absolute Gasteiger partial charge is 0.368 e. The van der Waals surface area contributed by atoms with Gasteiger partial charge in [0.2, 0.25) is 0 Å². The summed E-state index contributed by atoms with van der Waals surface area (Å²) in [4.78, 5) is 7.76. The predicted molar refractivity (Wildman–Crippen MR) is 75.8 cm³/mol. The Bertz CT molecular complexity index is 447. The fraction of sp³-hybridized carbons (Fsp3) is 0.667. The maximum atomic E-state index is 5.80. The van der Waals surface area contributed by atoms with Gasteiger partial charge in [0, 0.05) is 12.3 Å². The van der Waals surface area contributed by atoms with E-state index in [1.807, 2.05) is 13.8 Å². The summed E-state index contributed by atoms with van der Waals surface area (Å²) in [6, 6.07) is 0. The summed E-state index contributed by atoms with van der Waals surface area (Å²) in [5.41, 5.74) is 0.673. The van der Waals surface area contributed by atoms with Crippen LogP contribution >= 0.6 is 28.1 Å². The van der Waals surface area contributed by atoms with Gasteiger partial charge >= 0.3 is 0 Å². The lowest BCUT2D eigenvalue weighted by Gasteiger charge is -2.27. The van der Waals surface area contributed by atoms with Crippen molar-refractivity contribution in [2.45, 2.75) is 46.1 Å². The van der Waals surface area contributed by atoms with Gasteiger partial charge < -0.3 is 9.72 Å². The van der Waals surface area contributed by atoms with Crippen molar-refractivity contribution in [3.63, 3.8) is 0 Å². The van der Waals surface area contributed by atoms with Crippen LogP contribution in [0.3, 0.4) is 0 Å². The minimum atomic E-state index is -0.396. The highest BCUT2D eigenvalue weighted by Gasteiger charge is 2.28. The molecule has 1 aromatic rings. The first-order valence-electron chi connectivity index (χ1n) is 5.91. The van der Waals surface area contributed by atoms with Crippen LogP contribution in [0.2, 0.25) is 0 Å². The van der Waals surface area contributed by atoms with E-state index in [9.17, 15) is 0 Å². The van der Waals surface area contributed by atoms with Crippen molar-refractivity contribution in [2.24, 2.45) is 0 Å². The zero-order valence-corrected chi connectivity index (χ0v) is 13.2. The van der Waals surface area contributed by atoms with E-state index in [-0.39, 0.29) is 0 Å². The molecule has 1 N–H and O–H groups in total. The monoisotopic (exact) mass is 318 g/mol. The van der Waals surface area contributed by atoms with Crippen molar-refractivity contribution in [1.82, 2.24) is 9.97 Å².